The number of likely N-dealkylation sites (N-methyl/N-ethyl adjacent to an activating group) is 1. The van der Waals surface area contributed by atoms with E-state index in [1.165, 1.54) is 0 Å². The van der Waals surface area contributed by atoms with Crippen LogP contribution in [-0.2, 0) is 9.59 Å². The van der Waals surface area contributed by atoms with E-state index in [1.807, 2.05) is 13.8 Å². The average Bonchev–Trinajstić information content (AvgIpc) is 2.78. The number of rotatable bonds is 5. The summed E-state index contributed by atoms with van der Waals surface area (Å²) in [4.78, 5) is 25.8. The summed E-state index contributed by atoms with van der Waals surface area (Å²) in [7, 11) is 0. The third kappa shape index (κ3) is 3.22. The molecule has 0 saturated heterocycles. The molecule has 0 aliphatic heterocycles. The SMILES string of the molecule is CCN(CC)C(=O)C(C)NC(=O)C1(N)CCCC1. The van der Waals surface area contributed by atoms with E-state index in [4.69, 9.17) is 5.73 Å². The molecule has 1 saturated carbocycles. The third-order valence-corrected chi connectivity index (χ3v) is 3.74. The average molecular weight is 255 g/mol. The maximum absolute atomic E-state index is 12.1. The molecule has 3 N–H and O–H groups in total. The van der Waals surface area contributed by atoms with Crippen LogP contribution in [0.5, 0.6) is 0 Å². The van der Waals surface area contributed by atoms with Crippen molar-refractivity contribution in [1.82, 2.24) is 10.2 Å². The highest BCUT2D eigenvalue weighted by Crippen LogP contribution is 2.27. The van der Waals surface area contributed by atoms with Crippen LogP contribution < -0.4 is 11.1 Å². The van der Waals surface area contributed by atoms with Crippen molar-refractivity contribution in [3.63, 3.8) is 0 Å². The highest BCUT2D eigenvalue weighted by Gasteiger charge is 2.38. The van der Waals surface area contributed by atoms with Crippen molar-refractivity contribution in [2.45, 2.75) is 58.0 Å². The fraction of sp³-hybridized carbons (Fsp3) is 0.846. The molecule has 0 aromatic rings. The van der Waals surface area contributed by atoms with Crippen molar-refractivity contribution in [3.05, 3.63) is 0 Å². The number of hydrogen-bond acceptors (Lipinski definition) is 3. The lowest BCUT2D eigenvalue weighted by Gasteiger charge is -2.27. The fourth-order valence-electron chi connectivity index (χ4n) is 2.44. The molecule has 1 aliphatic carbocycles. The van der Waals surface area contributed by atoms with Crippen molar-refractivity contribution in [2.24, 2.45) is 5.73 Å². The molecule has 1 fully saturated rings. The number of amides is 2. The Morgan fingerprint density at radius 3 is 2.22 bits per heavy atom. The lowest BCUT2D eigenvalue weighted by Crippen LogP contribution is -2.57. The molecule has 0 aromatic carbocycles. The fourth-order valence-corrected chi connectivity index (χ4v) is 2.44. The van der Waals surface area contributed by atoms with Crippen LogP contribution in [0.2, 0.25) is 0 Å². The smallest absolute Gasteiger partial charge is 0.244 e. The molecule has 104 valence electrons. The quantitative estimate of drug-likeness (QED) is 0.756. The Morgan fingerprint density at radius 1 is 1.28 bits per heavy atom. The van der Waals surface area contributed by atoms with E-state index in [9.17, 15) is 9.59 Å². The molecule has 1 rings (SSSR count). The normalized spacial score (nSPS) is 19.3. The van der Waals surface area contributed by atoms with Gasteiger partial charge < -0.3 is 16.0 Å². The summed E-state index contributed by atoms with van der Waals surface area (Å²) in [5.74, 6) is -0.233. The van der Waals surface area contributed by atoms with Crippen LogP contribution in [-0.4, -0.2) is 41.4 Å². The standard InChI is InChI=1S/C13H25N3O2/c1-4-16(5-2)11(17)10(3)15-12(18)13(14)8-6-7-9-13/h10H,4-9,14H2,1-3H3,(H,15,18). The number of nitrogens with one attached hydrogen (secondary N) is 1. The Balaban J connectivity index is 2.56. The van der Waals surface area contributed by atoms with Gasteiger partial charge in [0.1, 0.15) is 6.04 Å². The third-order valence-electron chi connectivity index (χ3n) is 3.74. The first kappa shape index (κ1) is 15.0. The minimum Gasteiger partial charge on any atom is -0.343 e. The second-order valence-electron chi connectivity index (χ2n) is 5.07. The minimum absolute atomic E-state index is 0.0463. The molecule has 1 unspecified atom stereocenters. The summed E-state index contributed by atoms with van der Waals surface area (Å²) < 4.78 is 0. The van der Waals surface area contributed by atoms with E-state index in [0.717, 1.165) is 12.8 Å². The molecule has 5 heteroatoms. The topological polar surface area (TPSA) is 75.4 Å². The van der Waals surface area contributed by atoms with Crippen LogP contribution >= 0.6 is 0 Å². The zero-order chi connectivity index (χ0) is 13.8. The summed E-state index contributed by atoms with van der Waals surface area (Å²) in [6.07, 6.45) is 3.40. The van der Waals surface area contributed by atoms with Gasteiger partial charge in [-0.1, -0.05) is 12.8 Å². The van der Waals surface area contributed by atoms with Gasteiger partial charge in [-0.05, 0) is 33.6 Å². The number of carbonyl (C=O) groups excluding carboxylic acids is 2. The highest BCUT2D eigenvalue weighted by molar-refractivity contribution is 5.91. The lowest BCUT2D eigenvalue weighted by molar-refractivity contribution is -0.137. The van der Waals surface area contributed by atoms with Gasteiger partial charge in [0, 0.05) is 13.1 Å². The van der Waals surface area contributed by atoms with E-state index >= 15 is 0 Å². The van der Waals surface area contributed by atoms with Gasteiger partial charge in [-0.2, -0.15) is 0 Å². The Morgan fingerprint density at radius 2 is 1.78 bits per heavy atom. The molecule has 0 heterocycles. The van der Waals surface area contributed by atoms with E-state index in [0.29, 0.717) is 25.9 Å². The van der Waals surface area contributed by atoms with Crippen LogP contribution in [0.1, 0.15) is 46.5 Å². The summed E-state index contributed by atoms with van der Waals surface area (Å²) in [5, 5.41) is 2.76. The Kier molecular flexibility index (Phi) is 5.14. The van der Waals surface area contributed by atoms with Crippen LogP contribution in [0.15, 0.2) is 0 Å². The molecule has 0 radical (unpaired) electrons. The zero-order valence-electron chi connectivity index (χ0n) is 11.7. The highest BCUT2D eigenvalue weighted by atomic mass is 16.2. The van der Waals surface area contributed by atoms with Gasteiger partial charge in [-0.15, -0.1) is 0 Å². The molecule has 18 heavy (non-hydrogen) atoms. The van der Waals surface area contributed by atoms with Crippen molar-refractivity contribution >= 4 is 11.8 Å². The summed E-state index contributed by atoms with van der Waals surface area (Å²) >= 11 is 0. The maximum Gasteiger partial charge on any atom is 0.244 e. The summed E-state index contributed by atoms with van der Waals surface area (Å²) in [6, 6.07) is -0.501. The minimum atomic E-state index is -0.766. The van der Waals surface area contributed by atoms with Gasteiger partial charge in [-0.25, -0.2) is 0 Å². The molecule has 1 aliphatic rings. The van der Waals surface area contributed by atoms with Crippen molar-refractivity contribution < 1.29 is 9.59 Å². The first-order valence-electron chi connectivity index (χ1n) is 6.83. The zero-order valence-corrected chi connectivity index (χ0v) is 11.7. The van der Waals surface area contributed by atoms with Crippen LogP contribution in [0.4, 0.5) is 0 Å². The first-order valence-corrected chi connectivity index (χ1v) is 6.83. The van der Waals surface area contributed by atoms with Gasteiger partial charge in [-0.3, -0.25) is 9.59 Å². The molecular formula is C13H25N3O2. The van der Waals surface area contributed by atoms with E-state index in [1.54, 1.807) is 11.8 Å². The summed E-state index contributed by atoms with van der Waals surface area (Å²) in [6.45, 7) is 6.89. The molecule has 5 nitrogen and oxygen atoms in total. The Hall–Kier alpha value is -1.10. The van der Waals surface area contributed by atoms with Gasteiger partial charge in [0.05, 0.1) is 5.54 Å². The number of hydrogen-bond donors (Lipinski definition) is 2. The molecule has 1 atom stereocenters. The van der Waals surface area contributed by atoms with Crippen LogP contribution in [0.25, 0.3) is 0 Å². The largest absolute Gasteiger partial charge is 0.343 e. The van der Waals surface area contributed by atoms with E-state index in [-0.39, 0.29) is 11.8 Å². The second-order valence-corrected chi connectivity index (χ2v) is 5.07. The van der Waals surface area contributed by atoms with Crippen molar-refractivity contribution in [2.75, 3.05) is 13.1 Å². The van der Waals surface area contributed by atoms with Crippen molar-refractivity contribution in [1.29, 1.82) is 0 Å². The number of nitrogens with two attached hydrogens (primary N) is 1. The van der Waals surface area contributed by atoms with Gasteiger partial charge >= 0.3 is 0 Å². The number of carbonyl (C=O) groups is 2. The predicted molar refractivity (Wildman–Crippen MR) is 70.9 cm³/mol. The Bertz CT molecular complexity index is 307. The second kappa shape index (κ2) is 6.18. The molecule has 2 amide bonds. The predicted octanol–water partition coefficient (Wildman–Crippen LogP) is 0.631. The van der Waals surface area contributed by atoms with Gasteiger partial charge in [0.15, 0.2) is 0 Å². The Labute approximate surface area is 109 Å². The van der Waals surface area contributed by atoms with Crippen LogP contribution in [0.3, 0.4) is 0 Å². The lowest BCUT2D eigenvalue weighted by atomic mass is 9.97. The maximum atomic E-state index is 12.1. The summed E-state index contributed by atoms with van der Waals surface area (Å²) in [5.41, 5.74) is 5.29. The van der Waals surface area contributed by atoms with Gasteiger partial charge in [0.25, 0.3) is 0 Å². The first-order chi connectivity index (χ1) is 8.44. The van der Waals surface area contributed by atoms with E-state index < -0.39 is 11.6 Å². The number of nitrogens with zero attached hydrogens (tertiary/aromatic N) is 1. The van der Waals surface area contributed by atoms with E-state index in [2.05, 4.69) is 5.32 Å². The monoisotopic (exact) mass is 255 g/mol. The van der Waals surface area contributed by atoms with Gasteiger partial charge in [0.2, 0.25) is 11.8 Å². The molecule has 0 aromatic heterocycles. The van der Waals surface area contributed by atoms with Crippen LogP contribution in [0, 0.1) is 0 Å². The molecule has 0 spiro atoms. The van der Waals surface area contributed by atoms with Crippen molar-refractivity contribution in [3.8, 4) is 0 Å². The molecule has 0 bridgehead atoms. The molecular weight excluding hydrogens is 230 g/mol.